The number of carbonyl (C=O) groups is 1. The van der Waals surface area contributed by atoms with Crippen molar-refractivity contribution in [1.82, 2.24) is 10.3 Å². The molecule has 160 valence electrons. The number of hydrogen-bond donors (Lipinski definition) is 2. The van der Waals surface area contributed by atoms with Crippen LogP contribution in [-0.2, 0) is 9.53 Å². The Balaban J connectivity index is 1.71. The van der Waals surface area contributed by atoms with Crippen molar-refractivity contribution in [1.29, 1.82) is 0 Å². The van der Waals surface area contributed by atoms with Gasteiger partial charge in [0.2, 0.25) is 5.91 Å². The van der Waals surface area contributed by atoms with Crippen LogP contribution < -0.4 is 15.5 Å². The van der Waals surface area contributed by atoms with Gasteiger partial charge in [-0.3, -0.25) is 9.78 Å². The smallest absolute Gasteiger partial charge is 0.250 e. The fourth-order valence-corrected chi connectivity index (χ4v) is 5.56. The van der Waals surface area contributed by atoms with Crippen LogP contribution in [0.5, 0.6) is 0 Å². The number of methoxy groups -OCH3 is 1. The summed E-state index contributed by atoms with van der Waals surface area (Å²) in [5.74, 6) is -0.187. The second-order valence-corrected chi connectivity index (χ2v) is 10.0. The zero-order chi connectivity index (χ0) is 22.0. The van der Waals surface area contributed by atoms with E-state index in [2.05, 4.69) is 48.6 Å². The number of rotatable bonds is 6. The summed E-state index contributed by atoms with van der Waals surface area (Å²) in [5.41, 5.74) is 3.58. The molecule has 0 saturated carbocycles. The minimum absolute atomic E-state index is 0.0163. The minimum atomic E-state index is -0.187. The van der Waals surface area contributed by atoms with Crippen LogP contribution in [0.3, 0.4) is 0 Å². The highest BCUT2D eigenvalue weighted by Gasteiger charge is 2.41. The summed E-state index contributed by atoms with van der Waals surface area (Å²) in [4.78, 5) is 19.8. The summed E-state index contributed by atoms with van der Waals surface area (Å²) in [6.45, 7) is 1.98. The van der Waals surface area contributed by atoms with Gasteiger partial charge in [0.15, 0.2) is 5.11 Å². The quantitative estimate of drug-likeness (QED) is 0.450. The Kier molecular flexibility index (Phi) is 6.66. The first-order valence-corrected chi connectivity index (χ1v) is 11.6. The van der Waals surface area contributed by atoms with E-state index in [1.807, 2.05) is 43.3 Å². The third-order valence-corrected chi connectivity index (χ3v) is 7.03. The molecule has 0 spiro atoms. The fraction of sp³-hybridized carbons (Fsp3) is 0.227. The molecule has 0 aliphatic carbocycles. The van der Waals surface area contributed by atoms with Crippen molar-refractivity contribution in [3.05, 3.63) is 74.6 Å². The number of amides is 1. The number of thiocarbonyl (C=S) groups is 1. The molecule has 3 heterocycles. The molecule has 6 nitrogen and oxygen atoms in total. The van der Waals surface area contributed by atoms with Gasteiger partial charge in [-0.25, -0.2) is 0 Å². The van der Waals surface area contributed by atoms with Crippen LogP contribution in [0.15, 0.2) is 58.5 Å². The van der Waals surface area contributed by atoms with Crippen molar-refractivity contribution in [3.63, 3.8) is 0 Å². The van der Waals surface area contributed by atoms with E-state index >= 15 is 0 Å². The van der Waals surface area contributed by atoms with Crippen LogP contribution in [0.1, 0.15) is 28.2 Å². The van der Waals surface area contributed by atoms with E-state index in [1.165, 1.54) is 12.0 Å². The average Bonchev–Trinajstić information content (AvgIpc) is 3.33. The lowest BCUT2D eigenvalue weighted by Gasteiger charge is -2.27. The summed E-state index contributed by atoms with van der Waals surface area (Å²) in [6.07, 6.45) is 1.80. The Morgan fingerprint density at radius 1 is 1.32 bits per heavy atom. The molecule has 3 aromatic rings. The van der Waals surface area contributed by atoms with Crippen LogP contribution >= 0.6 is 39.5 Å². The average molecular weight is 517 g/mol. The maximum atomic E-state index is 11.9. The van der Waals surface area contributed by atoms with E-state index in [0.29, 0.717) is 5.11 Å². The van der Waals surface area contributed by atoms with E-state index in [9.17, 15) is 4.79 Å². The van der Waals surface area contributed by atoms with Gasteiger partial charge in [-0.05, 0) is 83.1 Å². The van der Waals surface area contributed by atoms with E-state index in [0.717, 1.165) is 26.4 Å². The predicted octanol–water partition coefficient (Wildman–Crippen LogP) is 4.98. The molecule has 0 unspecified atom stereocenters. The highest BCUT2D eigenvalue weighted by molar-refractivity contribution is 9.11. The van der Waals surface area contributed by atoms with Gasteiger partial charge in [0, 0.05) is 29.6 Å². The second-order valence-electron chi connectivity index (χ2n) is 7.12. The number of halogens is 1. The Hall–Kier alpha value is -2.33. The molecule has 0 bridgehead atoms. The molecule has 4 rings (SSSR count). The van der Waals surface area contributed by atoms with Crippen LogP contribution in [-0.4, -0.2) is 29.7 Å². The van der Waals surface area contributed by atoms with Gasteiger partial charge in [0.05, 0.1) is 21.6 Å². The van der Waals surface area contributed by atoms with Crippen LogP contribution in [0, 0.1) is 6.92 Å². The molecule has 2 atom stereocenters. The molecule has 0 radical (unpaired) electrons. The molecule has 31 heavy (non-hydrogen) atoms. The van der Waals surface area contributed by atoms with Gasteiger partial charge < -0.3 is 20.3 Å². The zero-order valence-electron chi connectivity index (χ0n) is 17.0. The summed E-state index contributed by atoms with van der Waals surface area (Å²) < 4.78 is 5.96. The van der Waals surface area contributed by atoms with Gasteiger partial charge in [-0.15, -0.1) is 11.3 Å². The molecule has 1 saturated heterocycles. The second kappa shape index (κ2) is 9.44. The molecular weight excluding hydrogens is 496 g/mol. The molecule has 9 heteroatoms. The van der Waals surface area contributed by atoms with E-state index in [1.54, 1.807) is 17.5 Å². The largest absolute Gasteiger partial charge is 0.375 e. The highest BCUT2D eigenvalue weighted by Crippen LogP contribution is 2.44. The molecule has 1 aromatic carbocycles. The van der Waals surface area contributed by atoms with Crippen molar-refractivity contribution >= 4 is 61.9 Å². The number of anilines is 2. The lowest BCUT2D eigenvalue weighted by atomic mass is 10.0. The Bertz CT molecular complexity index is 1110. The van der Waals surface area contributed by atoms with Crippen molar-refractivity contribution < 1.29 is 9.53 Å². The lowest BCUT2D eigenvalue weighted by Crippen LogP contribution is -2.29. The molecule has 1 aliphatic heterocycles. The first-order chi connectivity index (χ1) is 15.0. The molecular formula is C22H21BrN4O2S2. The first-order valence-electron chi connectivity index (χ1n) is 9.63. The number of carbonyl (C=O) groups excluding carboxylic acids is 1. The number of benzene rings is 1. The molecule has 1 aliphatic rings. The van der Waals surface area contributed by atoms with Crippen LogP contribution in [0.4, 0.5) is 11.4 Å². The Labute approximate surface area is 198 Å². The van der Waals surface area contributed by atoms with Gasteiger partial charge >= 0.3 is 0 Å². The van der Waals surface area contributed by atoms with Gasteiger partial charge in [0.25, 0.3) is 0 Å². The third kappa shape index (κ3) is 4.64. The minimum Gasteiger partial charge on any atom is -0.375 e. The molecule has 1 amide bonds. The van der Waals surface area contributed by atoms with Crippen molar-refractivity contribution in [3.8, 4) is 0 Å². The number of aromatic nitrogens is 1. The lowest BCUT2D eigenvalue weighted by molar-refractivity contribution is -0.119. The van der Waals surface area contributed by atoms with Crippen molar-refractivity contribution in [2.45, 2.75) is 19.0 Å². The normalized spacial score (nSPS) is 18.2. The maximum Gasteiger partial charge on any atom is 0.250 e. The predicted molar refractivity (Wildman–Crippen MR) is 132 cm³/mol. The summed E-state index contributed by atoms with van der Waals surface area (Å²) >= 11 is 11.0. The maximum absolute atomic E-state index is 11.9. The number of ether oxygens (including phenoxy) is 1. The van der Waals surface area contributed by atoms with Gasteiger partial charge in [0.1, 0.15) is 6.61 Å². The number of hydrogen-bond acceptors (Lipinski definition) is 5. The number of nitrogens with zero attached hydrogens (tertiary/aromatic N) is 2. The van der Waals surface area contributed by atoms with Crippen LogP contribution in [0.25, 0.3) is 0 Å². The molecule has 2 aromatic heterocycles. The SMILES string of the molecule is COCC(=O)Nc1ccc(N2C(=S)N[C@H](c3ccccn3)[C@@H]2c2ccc(Br)s2)cc1C. The Morgan fingerprint density at radius 3 is 2.81 bits per heavy atom. The topological polar surface area (TPSA) is 66.5 Å². The molecule has 2 N–H and O–H groups in total. The van der Waals surface area contributed by atoms with Gasteiger partial charge in [-0.1, -0.05) is 6.07 Å². The zero-order valence-corrected chi connectivity index (χ0v) is 20.2. The van der Waals surface area contributed by atoms with Crippen molar-refractivity contribution in [2.75, 3.05) is 23.9 Å². The number of aryl methyl sites for hydroxylation is 1. The fourth-order valence-electron chi connectivity index (χ4n) is 3.66. The van der Waals surface area contributed by atoms with Crippen LogP contribution in [0.2, 0.25) is 0 Å². The van der Waals surface area contributed by atoms with Gasteiger partial charge in [-0.2, -0.15) is 0 Å². The highest BCUT2D eigenvalue weighted by atomic mass is 79.9. The van der Waals surface area contributed by atoms with E-state index in [-0.39, 0.29) is 24.6 Å². The summed E-state index contributed by atoms with van der Waals surface area (Å²) in [7, 11) is 1.50. The van der Waals surface area contributed by atoms with Crippen molar-refractivity contribution in [2.24, 2.45) is 0 Å². The third-order valence-electron chi connectivity index (χ3n) is 5.02. The monoisotopic (exact) mass is 516 g/mol. The number of pyridine rings is 1. The Morgan fingerprint density at radius 2 is 2.16 bits per heavy atom. The number of thiophene rings is 1. The van der Waals surface area contributed by atoms with E-state index in [4.69, 9.17) is 17.0 Å². The molecule has 1 fully saturated rings. The van der Waals surface area contributed by atoms with E-state index < -0.39 is 0 Å². The summed E-state index contributed by atoms with van der Waals surface area (Å²) in [5, 5.41) is 6.98. The number of nitrogens with one attached hydrogen (secondary N) is 2. The standard InChI is InChI=1S/C22H21BrN4O2S2/c1-13-11-14(6-7-15(13)25-19(28)12-29-2)27-21(17-8-9-18(23)31-17)20(26-22(27)30)16-5-3-4-10-24-16/h3-11,20-21H,12H2,1-2H3,(H,25,28)(H,26,30)/t20-,21+/m1/s1. The summed E-state index contributed by atoms with van der Waals surface area (Å²) in [6, 6.07) is 15.8. The first kappa shape index (κ1) is 21.9.